The summed E-state index contributed by atoms with van der Waals surface area (Å²) in [4.78, 5) is 18.7. The normalized spacial score (nSPS) is 11.5. The van der Waals surface area contributed by atoms with Crippen LogP contribution in [0.5, 0.6) is 0 Å². The minimum absolute atomic E-state index is 0.0375. The Labute approximate surface area is 163 Å². The van der Waals surface area contributed by atoms with Crippen molar-refractivity contribution >= 4 is 34.6 Å². The third-order valence-corrected chi connectivity index (χ3v) is 4.77. The SMILES string of the molecule is N#C/C(=C\c1ccc(-c2ccccc2[N+](=O)[O-])o1)Sc1nc2ccccc2[nH]1. The lowest BCUT2D eigenvalue weighted by atomic mass is 10.1. The van der Waals surface area contributed by atoms with Crippen LogP contribution < -0.4 is 0 Å². The number of aromatic nitrogens is 2. The first-order chi connectivity index (χ1) is 13.6. The van der Waals surface area contributed by atoms with Gasteiger partial charge in [0.05, 0.1) is 26.4 Å². The fraction of sp³-hybridized carbons (Fsp3) is 0. The number of imidazole rings is 1. The third kappa shape index (κ3) is 3.51. The standard InChI is InChI=1S/C20H12N4O3S/c21-12-14(28-20-22-16-6-2-3-7-17(16)23-20)11-13-9-10-19(27-13)15-5-1-4-8-18(15)24(25)26/h1-11H,(H,22,23)/b14-11+. The largest absolute Gasteiger partial charge is 0.456 e. The van der Waals surface area contributed by atoms with Crippen LogP contribution in [0.25, 0.3) is 28.4 Å². The lowest BCUT2D eigenvalue weighted by Crippen LogP contribution is -1.90. The van der Waals surface area contributed by atoms with Crippen LogP contribution in [0.1, 0.15) is 5.76 Å². The number of thioether (sulfide) groups is 1. The van der Waals surface area contributed by atoms with Gasteiger partial charge in [0.25, 0.3) is 5.69 Å². The Morgan fingerprint density at radius 2 is 1.96 bits per heavy atom. The molecular weight excluding hydrogens is 376 g/mol. The van der Waals surface area contributed by atoms with Crippen LogP contribution in [0.3, 0.4) is 0 Å². The van der Waals surface area contributed by atoms with Gasteiger partial charge in [0, 0.05) is 12.1 Å². The molecule has 0 aliphatic carbocycles. The van der Waals surface area contributed by atoms with Crippen molar-refractivity contribution in [2.24, 2.45) is 0 Å². The summed E-state index contributed by atoms with van der Waals surface area (Å²) in [7, 11) is 0. The number of H-pyrrole nitrogens is 1. The second kappa shape index (κ2) is 7.42. The number of rotatable bonds is 5. The van der Waals surface area contributed by atoms with Crippen LogP contribution in [0.4, 0.5) is 5.69 Å². The summed E-state index contributed by atoms with van der Waals surface area (Å²) in [5.41, 5.74) is 2.05. The molecule has 4 aromatic rings. The summed E-state index contributed by atoms with van der Waals surface area (Å²) >= 11 is 1.19. The zero-order valence-corrected chi connectivity index (χ0v) is 15.1. The highest BCUT2D eigenvalue weighted by molar-refractivity contribution is 8.03. The zero-order chi connectivity index (χ0) is 19.5. The van der Waals surface area contributed by atoms with Crippen LogP contribution >= 0.6 is 11.8 Å². The second-order valence-corrected chi connectivity index (χ2v) is 6.79. The number of hydrogen-bond acceptors (Lipinski definition) is 6. The van der Waals surface area contributed by atoms with Crippen LogP contribution in [-0.4, -0.2) is 14.9 Å². The average molecular weight is 388 g/mol. The maximum atomic E-state index is 11.2. The van der Waals surface area contributed by atoms with Crippen molar-refractivity contribution in [1.82, 2.24) is 9.97 Å². The van der Waals surface area contributed by atoms with Gasteiger partial charge in [0.2, 0.25) is 0 Å². The number of benzene rings is 2. The van der Waals surface area contributed by atoms with Crippen molar-refractivity contribution in [3.8, 4) is 17.4 Å². The quantitative estimate of drug-likeness (QED) is 0.212. The van der Waals surface area contributed by atoms with Gasteiger partial charge in [-0.25, -0.2) is 4.98 Å². The van der Waals surface area contributed by atoms with Crippen LogP contribution in [0.2, 0.25) is 0 Å². The molecule has 0 fully saturated rings. The molecule has 4 rings (SSSR count). The summed E-state index contributed by atoms with van der Waals surface area (Å²) in [6.45, 7) is 0. The number of furan rings is 1. The lowest BCUT2D eigenvalue weighted by Gasteiger charge is -1.99. The van der Waals surface area contributed by atoms with Gasteiger partial charge in [-0.2, -0.15) is 5.26 Å². The van der Waals surface area contributed by atoms with Gasteiger partial charge < -0.3 is 9.40 Å². The van der Waals surface area contributed by atoms with Gasteiger partial charge in [-0.1, -0.05) is 24.3 Å². The number of nitrogens with zero attached hydrogens (tertiary/aromatic N) is 3. The fourth-order valence-corrected chi connectivity index (χ4v) is 3.45. The van der Waals surface area contributed by atoms with Crippen LogP contribution in [-0.2, 0) is 0 Å². The van der Waals surface area contributed by atoms with E-state index < -0.39 is 4.92 Å². The van der Waals surface area contributed by atoms with Crippen molar-refractivity contribution in [2.75, 3.05) is 0 Å². The fourth-order valence-electron chi connectivity index (χ4n) is 2.71. The molecule has 2 aromatic carbocycles. The Morgan fingerprint density at radius 1 is 1.18 bits per heavy atom. The summed E-state index contributed by atoms with van der Waals surface area (Å²) in [6.07, 6.45) is 1.58. The van der Waals surface area contributed by atoms with Crippen LogP contribution in [0, 0.1) is 21.4 Å². The van der Waals surface area contributed by atoms with Gasteiger partial charge in [-0.05, 0) is 42.1 Å². The first-order valence-electron chi connectivity index (χ1n) is 8.22. The van der Waals surface area contributed by atoms with E-state index in [4.69, 9.17) is 4.42 Å². The minimum Gasteiger partial charge on any atom is -0.456 e. The monoisotopic (exact) mass is 388 g/mol. The minimum atomic E-state index is -0.453. The molecule has 0 amide bonds. The molecule has 0 radical (unpaired) electrons. The summed E-state index contributed by atoms with van der Waals surface area (Å²) in [5.74, 6) is 0.790. The highest BCUT2D eigenvalue weighted by atomic mass is 32.2. The number of nitrogens with one attached hydrogen (secondary N) is 1. The van der Waals surface area contributed by atoms with Crippen molar-refractivity contribution < 1.29 is 9.34 Å². The number of fused-ring (bicyclic) bond motifs is 1. The van der Waals surface area contributed by atoms with Crippen molar-refractivity contribution in [1.29, 1.82) is 5.26 Å². The maximum Gasteiger partial charge on any atom is 0.280 e. The lowest BCUT2D eigenvalue weighted by molar-refractivity contribution is -0.384. The van der Waals surface area contributed by atoms with Gasteiger partial charge in [0.15, 0.2) is 5.16 Å². The zero-order valence-electron chi connectivity index (χ0n) is 14.3. The third-order valence-electron chi connectivity index (χ3n) is 3.95. The smallest absolute Gasteiger partial charge is 0.280 e. The molecule has 1 N–H and O–H groups in total. The average Bonchev–Trinajstić information content (AvgIpc) is 3.33. The number of hydrogen-bond donors (Lipinski definition) is 1. The molecule has 0 saturated carbocycles. The van der Waals surface area contributed by atoms with E-state index in [9.17, 15) is 15.4 Å². The number of aromatic amines is 1. The van der Waals surface area contributed by atoms with E-state index in [1.54, 1.807) is 36.4 Å². The van der Waals surface area contributed by atoms with E-state index in [1.165, 1.54) is 17.8 Å². The summed E-state index contributed by atoms with van der Waals surface area (Å²) in [5, 5.41) is 21.2. The predicted octanol–water partition coefficient (Wildman–Crippen LogP) is 5.39. The first-order valence-corrected chi connectivity index (χ1v) is 9.04. The molecule has 7 nitrogen and oxygen atoms in total. The molecule has 0 bridgehead atoms. The molecule has 0 spiro atoms. The van der Waals surface area contributed by atoms with E-state index in [0.29, 0.717) is 27.1 Å². The topological polar surface area (TPSA) is 109 Å². The molecule has 28 heavy (non-hydrogen) atoms. The molecule has 8 heteroatoms. The Bertz CT molecular complexity index is 1220. The number of nitro groups is 1. The number of nitriles is 1. The Kier molecular flexibility index (Phi) is 4.66. The van der Waals surface area contributed by atoms with Gasteiger partial charge >= 0.3 is 0 Å². The van der Waals surface area contributed by atoms with E-state index in [-0.39, 0.29) is 5.69 Å². The summed E-state index contributed by atoms with van der Waals surface area (Å²) < 4.78 is 5.71. The molecule has 0 saturated heterocycles. The molecule has 0 atom stereocenters. The van der Waals surface area contributed by atoms with E-state index >= 15 is 0 Å². The Morgan fingerprint density at radius 3 is 2.75 bits per heavy atom. The summed E-state index contributed by atoms with van der Waals surface area (Å²) in [6, 6.07) is 19.4. The van der Waals surface area contributed by atoms with Gasteiger partial charge in [0.1, 0.15) is 17.6 Å². The van der Waals surface area contributed by atoms with Gasteiger partial charge in [-0.3, -0.25) is 10.1 Å². The number of para-hydroxylation sites is 3. The Hall–Kier alpha value is -3.83. The molecule has 136 valence electrons. The number of allylic oxidation sites excluding steroid dienone is 1. The van der Waals surface area contributed by atoms with E-state index in [0.717, 1.165) is 11.0 Å². The van der Waals surface area contributed by atoms with Gasteiger partial charge in [-0.15, -0.1) is 0 Å². The highest BCUT2D eigenvalue weighted by Crippen LogP contribution is 2.33. The molecule has 2 aromatic heterocycles. The van der Waals surface area contributed by atoms with Crippen molar-refractivity contribution in [3.63, 3.8) is 0 Å². The van der Waals surface area contributed by atoms with Crippen molar-refractivity contribution in [2.45, 2.75) is 5.16 Å². The Balaban J connectivity index is 1.61. The van der Waals surface area contributed by atoms with E-state index in [1.807, 2.05) is 24.3 Å². The molecule has 2 heterocycles. The van der Waals surface area contributed by atoms with Crippen LogP contribution in [0.15, 0.2) is 75.1 Å². The number of nitro benzene ring substituents is 1. The first kappa shape index (κ1) is 17.6. The maximum absolute atomic E-state index is 11.2. The highest BCUT2D eigenvalue weighted by Gasteiger charge is 2.17. The van der Waals surface area contributed by atoms with E-state index in [2.05, 4.69) is 16.0 Å². The molecule has 0 aliphatic heterocycles. The molecular formula is C20H12N4O3S. The molecule has 0 aliphatic rings. The van der Waals surface area contributed by atoms with Crippen molar-refractivity contribution in [3.05, 3.63) is 81.4 Å². The molecule has 0 unspecified atom stereocenters. The second-order valence-electron chi connectivity index (χ2n) is 5.76. The predicted molar refractivity (Wildman–Crippen MR) is 106 cm³/mol.